The summed E-state index contributed by atoms with van der Waals surface area (Å²) in [5.41, 5.74) is 0.410. The Morgan fingerprint density at radius 1 is 1.31 bits per heavy atom. The van der Waals surface area contributed by atoms with E-state index in [1.165, 1.54) is 0 Å². The van der Waals surface area contributed by atoms with Crippen molar-refractivity contribution in [3.63, 3.8) is 0 Å². The highest BCUT2D eigenvalue weighted by atomic mass is 28.3. The molecule has 0 saturated heterocycles. The molecule has 0 aromatic heterocycles. The molecule has 0 aromatic carbocycles. The topological polar surface area (TPSA) is 57.5 Å². The third kappa shape index (κ3) is 3.74. The van der Waals surface area contributed by atoms with Crippen molar-refractivity contribution in [2.75, 3.05) is 6.61 Å². The third-order valence-corrected chi connectivity index (χ3v) is 4.48. The highest BCUT2D eigenvalue weighted by Gasteiger charge is 2.23. The number of aliphatic hydroxyl groups is 1. The largest absolute Gasteiger partial charge is 0.478 e. The minimum atomic E-state index is -1.59. The Labute approximate surface area is 80.1 Å². The molecule has 3 nitrogen and oxygen atoms in total. The van der Waals surface area contributed by atoms with Crippen LogP contribution in [0.1, 0.15) is 13.3 Å². The number of aliphatic hydroxyl groups excluding tert-OH is 1. The van der Waals surface area contributed by atoms with E-state index in [9.17, 15) is 4.79 Å². The minimum absolute atomic E-state index is 0.0320. The Hall–Kier alpha value is -0.613. The first kappa shape index (κ1) is 12.4. The van der Waals surface area contributed by atoms with Crippen LogP contribution in [0.3, 0.4) is 0 Å². The summed E-state index contributed by atoms with van der Waals surface area (Å²) in [5, 5.41) is 18.6. The van der Waals surface area contributed by atoms with Crippen molar-refractivity contribution in [3.8, 4) is 0 Å². The Kier molecular flexibility index (Phi) is 4.36. The molecule has 0 unspecified atom stereocenters. The van der Waals surface area contributed by atoms with Gasteiger partial charge in [-0.3, -0.25) is 0 Å². The predicted molar refractivity (Wildman–Crippen MR) is 55.4 cm³/mol. The van der Waals surface area contributed by atoms with Crippen molar-refractivity contribution in [3.05, 3.63) is 10.8 Å². The summed E-state index contributed by atoms with van der Waals surface area (Å²) < 4.78 is 0. The van der Waals surface area contributed by atoms with Crippen molar-refractivity contribution < 1.29 is 15.0 Å². The Bertz CT molecular complexity index is 226. The van der Waals surface area contributed by atoms with Gasteiger partial charge in [-0.25, -0.2) is 4.79 Å². The molecule has 0 radical (unpaired) electrons. The van der Waals surface area contributed by atoms with Crippen LogP contribution in [0, 0.1) is 0 Å². The molecule has 0 aromatic rings. The van der Waals surface area contributed by atoms with Crippen molar-refractivity contribution in [1.82, 2.24) is 0 Å². The van der Waals surface area contributed by atoms with Crippen molar-refractivity contribution in [2.45, 2.75) is 33.0 Å². The van der Waals surface area contributed by atoms with Gasteiger partial charge in [0.2, 0.25) is 0 Å². The molecule has 0 fully saturated rings. The van der Waals surface area contributed by atoms with Gasteiger partial charge in [-0.1, -0.05) is 24.8 Å². The van der Waals surface area contributed by atoms with Crippen LogP contribution in [0.25, 0.3) is 0 Å². The SMILES string of the molecule is CC(C(=O)O)=C(CCO)[Si](C)(C)C. The molecule has 0 bridgehead atoms. The van der Waals surface area contributed by atoms with Gasteiger partial charge in [0.05, 0.1) is 8.07 Å². The maximum absolute atomic E-state index is 10.7. The van der Waals surface area contributed by atoms with Crippen LogP contribution in [0.4, 0.5) is 0 Å². The molecule has 0 aliphatic rings. The maximum atomic E-state index is 10.7. The summed E-state index contributed by atoms with van der Waals surface area (Å²) in [6.45, 7) is 7.91. The lowest BCUT2D eigenvalue weighted by Crippen LogP contribution is -2.27. The second-order valence-corrected chi connectivity index (χ2v) is 9.24. The van der Waals surface area contributed by atoms with Crippen LogP contribution in [0.15, 0.2) is 10.8 Å². The summed E-state index contributed by atoms with van der Waals surface area (Å²) in [6, 6.07) is 0. The minimum Gasteiger partial charge on any atom is -0.478 e. The molecule has 0 aliphatic heterocycles. The van der Waals surface area contributed by atoms with E-state index in [1.807, 2.05) is 0 Å². The lowest BCUT2D eigenvalue weighted by atomic mass is 10.2. The molecule has 76 valence electrons. The van der Waals surface area contributed by atoms with Gasteiger partial charge >= 0.3 is 5.97 Å². The van der Waals surface area contributed by atoms with Crippen LogP contribution in [-0.4, -0.2) is 30.9 Å². The Morgan fingerprint density at radius 2 is 1.77 bits per heavy atom. The predicted octanol–water partition coefficient (Wildman–Crippen LogP) is 1.65. The van der Waals surface area contributed by atoms with Gasteiger partial charge in [-0.05, 0) is 13.3 Å². The maximum Gasteiger partial charge on any atom is 0.330 e. The fraction of sp³-hybridized carbons (Fsp3) is 0.667. The van der Waals surface area contributed by atoms with E-state index < -0.39 is 14.0 Å². The zero-order valence-corrected chi connectivity index (χ0v) is 9.72. The van der Waals surface area contributed by atoms with Gasteiger partial charge in [0.1, 0.15) is 0 Å². The van der Waals surface area contributed by atoms with E-state index in [0.29, 0.717) is 12.0 Å². The molecule has 0 spiro atoms. The molecule has 0 atom stereocenters. The van der Waals surface area contributed by atoms with Gasteiger partial charge in [0.15, 0.2) is 0 Å². The first-order valence-corrected chi connectivity index (χ1v) is 7.85. The number of hydrogen-bond acceptors (Lipinski definition) is 2. The highest BCUT2D eigenvalue weighted by molar-refractivity contribution is 6.83. The summed E-state index contributed by atoms with van der Waals surface area (Å²) in [4.78, 5) is 10.7. The Morgan fingerprint density at radius 3 is 2.00 bits per heavy atom. The molecule has 0 saturated carbocycles. The van der Waals surface area contributed by atoms with Crippen LogP contribution in [0.2, 0.25) is 19.6 Å². The van der Waals surface area contributed by atoms with Crippen LogP contribution < -0.4 is 0 Å². The zero-order chi connectivity index (χ0) is 10.6. The molecule has 13 heavy (non-hydrogen) atoms. The van der Waals surface area contributed by atoms with Crippen LogP contribution in [0.5, 0.6) is 0 Å². The highest BCUT2D eigenvalue weighted by Crippen LogP contribution is 2.21. The van der Waals surface area contributed by atoms with Gasteiger partial charge in [0.25, 0.3) is 0 Å². The third-order valence-electron chi connectivity index (χ3n) is 2.04. The Balaban J connectivity index is 5.00. The molecule has 0 rings (SSSR count). The molecule has 0 amide bonds. The normalized spacial score (nSPS) is 13.9. The second kappa shape index (κ2) is 4.57. The van der Waals surface area contributed by atoms with E-state index in [2.05, 4.69) is 19.6 Å². The molecule has 0 aliphatic carbocycles. The average molecular weight is 202 g/mol. The van der Waals surface area contributed by atoms with Gasteiger partial charge in [-0.2, -0.15) is 0 Å². The van der Waals surface area contributed by atoms with Crippen molar-refractivity contribution >= 4 is 14.0 Å². The van der Waals surface area contributed by atoms with E-state index in [1.54, 1.807) is 6.92 Å². The van der Waals surface area contributed by atoms with E-state index in [-0.39, 0.29) is 6.61 Å². The average Bonchev–Trinajstić information content (AvgIpc) is 1.96. The number of carbonyl (C=O) groups is 1. The first-order valence-electron chi connectivity index (χ1n) is 4.35. The summed E-state index contributed by atoms with van der Waals surface area (Å²) >= 11 is 0. The quantitative estimate of drug-likeness (QED) is 0.538. The lowest BCUT2D eigenvalue weighted by Gasteiger charge is -2.22. The number of hydrogen-bond donors (Lipinski definition) is 2. The zero-order valence-electron chi connectivity index (χ0n) is 8.72. The lowest BCUT2D eigenvalue weighted by molar-refractivity contribution is -0.132. The molecule has 0 heterocycles. The smallest absolute Gasteiger partial charge is 0.330 e. The number of rotatable bonds is 4. The molecule has 2 N–H and O–H groups in total. The fourth-order valence-electron chi connectivity index (χ4n) is 1.37. The molecule has 4 heteroatoms. The molecular weight excluding hydrogens is 184 g/mol. The summed E-state index contributed by atoms with van der Waals surface area (Å²) in [6.07, 6.45) is 0.494. The standard InChI is InChI=1S/C9H18O3Si/c1-7(9(11)12)8(5-6-10)13(2,3)4/h10H,5-6H2,1-4H3,(H,11,12). The number of aliphatic carboxylic acids is 1. The summed E-state index contributed by atoms with van der Waals surface area (Å²) in [5.74, 6) is -0.870. The fourth-order valence-corrected chi connectivity index (χ4v) is 3.46. The first-order chi connectivity index (χ1) is 5.80. The van der Waals surface area contributed by atoms with Gasteiger partial charge in [0, 0.05) is 12.2 Å². The van der Waals surface area contributed by atoms with Crippen LogP contribution >= 0.6 is 0 Å². The van der Waals surface area contributed by atoms with Crippen LogP contribution in [-0.2, 0) is 4.79 Å². The van der Waals surface area contributed by atoms with Crippen molar-refractivity contribution in [2.24, 2.45) is 0 Å². The summed E-state index contributed by atoms with van der Waals surface area (Å²) in [7, 11) is -1.59. The number of carboxylic acid groups (broad SMARTS) is 1. The van der Waals surface area contributed by atoms with Crippen molar-refractivity contribution in [1.29, 1.82) is 0 Å². The van der Waals surface area contributed by atoms with E-state index in [0.717, 1.165) is 5.20 Å². The monoisotopic (exact) mass is 202 g/mol. The van der Waals surface area contributed by atoms with E-state index in [4.69, 9.17) is 10.2 Å². The second-order valence-electron chi connectivity index (χ2n) is 4.13. The van der Waals surface area contributed by atoms with Gasteiger partial charge in [-0.15, -0.1) is 0 Å². The van der Waals surface area contributed by atoms with E-state index >= 15 is 0 Å². The number of carboxylic acids is 1. The molecular formula is C9H18O3Si. The van der Waals surface area contributed by atoms with Gasteiger partial charge < -0.3 is 10.2 Å².